The van der Waals surface area contributed by atoms with Crippen LogP contribution in [-0.2, 0) is 6.42 Å². The Balaban J connectivity index is 1.67. The Kier molecular flexibility index (Phi) is 5.44. The number of non-ortho nitro benzene ring substituents is 1. The molecule has 1 amide bonds. The third-order valence-corrected chi connectivity index (χ3v) is 4.98. The molecule has 33 heavy (non-hydrogen) atoms. The van der Waals surface area contributed by atoms with Crippen molar-refractivity contribution in [1.29, 1.82) is 0 Å². The molecule has 2 N–H and O–H groups in total. The van der Waals surface area contributed by atoms with Crippen molar-refractivity contribution in [3.63, 3.8) is 0 Å². The second kappa shape index (κ2) is 8.38. The van der Waals surface area contributed by atoms with E-state index in [1.54, 1.807) is 6.07 Å². The van der Waals surface area contributed by atoms with E-state index in [0.29, 0.717) is 11.1 Å². The van der Waals surface area contributed by atoms with Crippen LogP contribution in [0.25, 0.3) is 22.6 Å². The Hall–Kier alpha value is -4.80. The summed E-state index contributed by atoms with van der Waals surface area (Å²) in [6, 6.07) is 12.4. The molecule has 0 aliphatic rings. The van der Waals surface area contributed by atoms with Gasteiger partial charge in [-0.25, -0.2) is 4.98 Å². The summed E-state index contributed by atoms with van der Waals surface area (Å²) in [5.74, 6) is -0.858. The largest absolute Gasteiger partial charge is 0.507 e. The van der Waals surface area contributed by atoms with Crippen LogP contribution in [0.5, 0.6) is 5.75 Å². The summed E-state index contributed by atoms with van der Waals surface area (Å²) in [6.07, 6.45) is 0.819. The lowest BCUT2D eigenvalue weighted by molar-refractivity contribution is -0.394. The quantitative estimate of drug-likeness (QED) is 0.241. The molecule has 4 rings (SSSR count). The predicted molar refractivity (Wildman–Crippen MR) is 118 cm³/mol. The molecular formula is C22H16N4O7. The van der Waals surface area contributed by atoms with E-state index in [1.165, 1.54) is 18.2 Å². The molecule has 11 nitrogen and oxygen atoms in total. The maximum absolute atomic E-state index is 12.7. The number of anilines is 1. The Morgan fingerprint density at radius 2 is 1.85 bits per heavy atom. The molecule has 0 aliphatic heterocycles. The van der Waals surface area contributed by atoms with Gasteiger partial charge in [-0.3, -0.25) is 25.0 Å². The van der Waals surface area contributed by atoms with Gasteiger partial charge in [-0.05, 0) is 48.4 Å². The standard InChI is InChI=1S/C22H16N4O7/c1-2-12-3-8-20-17(9-12)24-22(33-20)16-10-13(4-7-19(16)27)23-21(28)15-6-5-14(25(29)30)11-18(15)26(31)32/h3-11,27H,2H2,1H3,(H,23,28). The third-order valence-electron chi connectivity index (χ3n) is 4.98. The van der Waals surface area contributed by atoms with Crippen molar-refractivity contribution >= 4 is 34.1 Å². The first-order valence-electron chi connectivity index (χ1n) is 9.74. The number of fused-ring (bicyclic) bond motifs is 1. The van der Waals surface area contributed by atoms with Gasteiger partial charge in [-0.15, -0.1) is 0 Å². The molecule has 0 aliphatic carbocycles. The number of amides is 1. The summed E-state index contributed by atoms with van der Waals surface area (Å²) in [7, 11) is 0. The van der Waals surface area contributed by atoms with Gasteiger partial charge < -0.3 is 14.8 Å². The normalized spacial score (nSPS) is 10.8. The summed E-state index contributed by atoms with van der Waals surface area (Å²) in [5, 5.41) is 35.0. The second-order valence-electron chi connectivity index (χ2n) is 7.08. The van der Waals surface area contributed by atoms with Crippen LogP contribution in [0.1, 0.15) is 22.8 Å². The van der Waals surface area contributed by atoms with Gasteiger partial charge in [0.05, 0.1) is 21.5 Å². The number of carbonyl (C=O) groups is 1. The number of phenolic OH excluding ortho intramolecular Hbond substituents is 1. The van der Waals surface area contributed by atoms with Gasteiger partial charge in [0.15, 0.2) is 5.58 Å². The average Bonchev–Trinajstić information content (AvgIpc) is 3.22. The highest BCUT2D eigenvalue weighted by atomic mass is 16.6. The van der Waals surface area contributed by atoms with Crippen molar-refractivity contribution in [2.24, 2.45) is 0 Å². The average molecular weight is 448 g/mol. The van der Waals surface area contributed by atoms with Gasteiger partial charge in [0.1, 0.15) is 16.8 Å². The predicted octanol–water partition coefficient (Wildman–Crippen LogP) is 4.83. The van der Waals surface area contributed by atoms with Crippen molar-refractivity contribution in [1.82, 2.24) is 4.98 Å². The second-order valence-corrected chi connectivity index (χ2v) is 7.08. The number of carbonyl (C=O) groups excluding carboxylic acids is 1. The zero-order valence-corrected chi connectivity index (χ0v) is 17.1. The van der Waals surface area contributed by atoms with Crippen LogP contribution in [-0.4, -0.2) is 25.8 Å². The van der Waals surface area contributed by atoms with Crippen molar-refractivity contribution in [3.05, 3.63) is 86.0 Å². The van der Waals surface area contributed by atoms with Crippen LogP contribution < -0.4 is 5.32 Å². The number of aromatic hydroxyl groups is 1. The molecule has 0 saturated heterocycles. The molecule has 1 heterocycles. The smallest absolute Gasteiger partial charge is 0.289 e. The van der Waals surface area contributed by atoms with Crippen molar-refractivity contribution in [3.8, 4) is 17.2 Å². The van der Waals surface area contributed by atoms with Crippen LogP contribution in [0.3, 0.4) is 0 Å². The van der Waals surface area contributed by atoms with Crippen LogP contribution in [0, 0.1) is 20.2 Å². The molecule has 0 fully saturated rings. The first kappa shape index (κ1) is 21.4. The highest BCUT2D eigenvalue weighted by molar-refractivity contribution is 6.07. The third kappa shape index (κ3) is 4.19. The van der Waals surface area contributed by atoms with E-state index in [4.69, 9.17) is 4.42 Å². The number of benzene rings is 3. The Morgan fingerprint density at radius 3 is 2.55 bits per heavy atom. The summed E-state index contributed by atoms with van der Waals surface area (Å²) < 4.78 is 5.73. The number of hydrogen-bond donors (Lipinski definition) is 2. The first-order chi connectivity index (χ1) is 15.8. The van der Waals surface area contributed by atoms with Crippen molar-refractivity contribution < 1.29 is 24.2 Å². The Labute approximate surface area is 185 Å². The molecule has 11 heteroatoms. The molecule has 3 aromatic carbocycles. The molecule has 166 valence electrons. The minimum absolute atomic E-state index is 0.133. The maximum atomic E-state index is 12.7. The number of nitrogens with zero attached hydrogens (tertiary/aromatic N) is 3. The lowest BCUT2D eigenvalue weighted by Crippen LogP contribution is -2.14. The summed E-state index contributed by atoms with van der Waals surface area (Å²) in [4.78, 5) is 37.6. The van der Waals surface area contributed by atoms with Crippen molar-refractivity contribution in [2.45, 2.75) is 13.3 Å². The lowest BCUT2D eigenvalue weighted by atomic mass is 10.1. The van der Waals surface area contributed by atoms with E-state index in [0.717, 1.165) is 30.2 Å². The zero-order chi connectivity index (χ0) is 23.7. The fraction of sp³-hybridized carbons (Fsp3) is 0.0909. The number of nitro benzene ring substituents is 2. The molecule has 0 atom stereocenters. The van der Waals surface area contributed by atoms with Gasteiger partial charge in [0.2, 0.25) is 5.89 Å². The Bertz CT molecular complexity index is 1430. The highest BCUT2D eigenvalue weighted by Crippen LogP contribution is 2.34. The van der Waals surface area contributed by atoms with Crippen LogP contribution in [0.4, 0.5) is 17.1 Å². The van der Waals surface area contributed by atoms with E-state index in [9.17, 15) is 30.1 Å². The van der Waals surface area contributed by atoms with E-state index >= 15 is 0 Å². The van der Waals surface area contributed by atoms with Crippen LogP contribution in [0.2, 0.25) is 0 Å². The number of oxazole rings is 1. The van der Waals surface area contributed by atoms with Gasteiger partial charge in [0, 0.05) is 11.8 Å². The van der Waals surface area contributed by atoms with E-state index in [2.05, 4.69) is 10.3 Å². The van der Waals surface area contributed by atoms with E-state index < -0.39 is 27.1 Å². The minimum Gasteiger partial charge on any atom is -0.507 e. The van der Waals surface area contributed by atoms with Crippen molar-refractivity contribution in [2.75, 3.05) is 5.32 Å². The number of aromatic nitrogens is 1. The van der Waals surface area contributed by atoms with Gasteiger partial charge in [-0.2, -0.15) is 0 Å². The summed E-state index contributed by atoms with van der Waals surface area (Å²) in [6.45, 7) is 2.01. The molecule has 0 bridgehead atoms. The van der Waals surface area contributed by atoms with Crippen LogP contribution in [0.15, 0.2) is 59.0 Å². The zero-order valence-electron chi connectivity index (χ0n) is 17.1. The summed E-state index contributed by atoms with van der Waals surface area (Å²) in [5.41, 5.74) is 1.06. The van der Waals surface area contributed by atoms with Gasteiger partial charge in [0.25, 0.3) is 17.3 Å². The van der Waals surface area contributed by atoms with E-state index in [1.807, 2.05) is 19.1 Å². The van der Waals surface area contributed by atoms with Gasteiger partial charge >= 0.3 is 0 Å². The molecule has 0 radical (unpaired) electrons. The topological polar surface area (TPSA) is 162 Å². The number of rotatable bonds is 6. The minimum atomic E-state index is -0.868. The fourth-order valence-electron chi connectivity index (χ4n) is 3.27. The number of hydrogen-bond acceptors (Lipinski definition) is 8. The molecular weight excluding hydrogens is 432 g/mol. The first-order valence-corrected chi connectivity index (χ1v) is 9.74. The maximum Gasteiger partial charge on any atom is 0.289 e. The number of nitrogens with one attached hydrogen (secondary N) is 1. The molecule has 4 aromatic rings. The lowest BCUT2D eigenvalue weighted by Gasteiger charge is -2.08. The fourth-order valence-corrected chi connectivity index (χ4v) is 3.27. The highest BCUT2D eigenvalue weighted by Gasteiger charge is 2.24. The molecule has 1 aromatic heterocycles. The SMILES string of the molecule is CCc1ccc2oc(-c3cc(NC(=O)c4ccc([N+](=O)[O-])cc4[N+](=O)[O-])ccc3O)nc2c1. The van der Waals surface area contributed by atoms with Crippen LogP contribution >= 0.6 is 0 Å². The van der Waals surface area contributed by atoms with E-state index in [-0.39, 0.29) is 28.5 Å². The molecule has 0 unspecified atom stereocenters. The number of aryl methyl sites for hydroxylation is 1. The number of phenols is 1. The molecule has 0 saturated carbocycles. The molecule has 0 spiro atoms. The summed E-state index contributed by atoms with van der Waals surface area (Å²) >= 11 is 0. The van der Waals surface area contributed by atoms with Gasteiger partial charge in [-0.1, -0.05) is 13.0 Å². The monoisotopic (exact) mass is 448 g/mol. The Morgan fingerprint density at radius 1 is 1.06 bits per heavy atom. The number of nitro groups is 2.